The SMILES string of the molecule is O=C(C1CCN(S(=O)(=O)c2ccc(-c3noc(-c4ccco4)n3)cc2)CC1)N1CCCC1. The fraction of sp³-hybridized carbons (Fsp3) is 0.409. The van der Waals surface area contributed by atoms with Crippen molar-refractivity contribution in [2.75, 3.05) is 26.2 Å². The summed E-state index contributed by atoms with van der Waals surface area (Å²) < 4.78 is 38.1. The zero-order chi connectivity index (χ0) is 22.1. The first-order chi connectivity index (χ1) is 15.5. The van der Waals surface area contributed by atoms with Crippen LogP contribution in [0.5, 0.6) is 0 Å². The lowest BCUT2D eigenvalue weighted by atomic mass is 9.97. The first-order valence-corrected chi connectivity index (χ1v) is 12.2. The summed E-state index contributed by atoms with van der Waals surface area (Å²) in [6, 6.07) is 9.86. The van der Waals surface area contributed by atoms with Crippen LogP contribution in [0.1, 0.15) is 25.7 Å². The fourth-order valence-electron chi connectivity index (χ4n) is 4.30. The molecule has 9 nitrogen and oxygen atoms in total. The maximum absolute atomic E-state index is 13.1. The van der Waals surface area contributed by atoms with Crippen LogP contribution in [-0.2, 0) is 14.8 Å². The van der Waals surface area contributed by atoms with E-state index >= 15 is 0 Å². The van der Waals surface area contributed by atoms with Crippen LogP contribution >= 0.6 is 0 Å². The molecule has 0 spiro atoms. The summed E-state index contributed by atoms with van der Waals surface area (Å²) in [5.74, 6) is 1.17. The van der Waals surface area contributed by atoms with Crippen molar-refractivity contribution in [1.82, 2.24) is 19.3 Å². The second kappa shape index (κ2) is 8.51. The number of hydrogen-bond acceptors (Lipinski definition) is 7. The van der Waals surface area contributed by atoms with Gasteiger partial charge in [0.2, 0.25) is 21.8 Å². The number of hydrogen-bond donors (Lipinski definition) is 0. The van der Waals surface area contributed by atoms with E-state index in [2.05, 4.69) is 10.1 Å². The number of sulfonamides is 1. The van der Waals surface area contributed by atoms with E-state index in [1.807, 2.05) is 4.90 Å². The van der Waals surface area contributed by atoms with Gasteiger partial charge in [0, 0.05) is 37.7 Å². The average molecular weight is 457 g/mol. The first-order valence-electron chi connectivity index (χ1n) is 10.8. The monoisotopic (exact) mass is 456 g/mol. The number of carbonyl (C=O) groups excluding carboxylic acids is 1. The molecule has 0 saturated carbocycles. The van der Waals surface area contributed by atoms with Crippen LogP contribution < -0.4 is 0 Å². The Labute approximate surface area is 186 Å². The second-order valence-corrected chi connectivity index (χ2v) is 10.1. The van der Waals surface area contributed by atoms with Gasteiger partial charge in [-0.15, -0.1) is 0 Å². The van der Waals surface area contributed by atoms with Crippen molar-refractivity contribution in [2.24, 2.45) is 5.92 Å². The molecule has 3 aromatic rings. The molecular formula is C22H24N4O5S. The van der Waals surface area contributed by atoms with Crippen molar-refractivity contribution in [3.05, 3.63) is 42.7 Å². The molecule has 0 atom stereocenters. The summed E-state index contributed by atoms with van der Waals surface area (Å²) in [7, 11) is -3.63. The summed E-state index contributed by atoms with van der Waals surface area (Å²) in [5, 5.41) is 3.94. The average Bonchev–Trinajstić information content (AvgIpc) is 3.61. The number of furan rings is 1. The van der Waals surface area contributed by atoms with E-state index in [4.69, 9.17) is 8.94 Å². The standard InChI is InChI=1S/C22H24N4O5S/c27-22(25-11-1-2-12-25)17-9-13-26(14-10-17)32(28,29)18-7-5-16(6-8-18)20-23-21(31-24-20)19-4-3-15-30-19/h3-8,15,17H,1-2,9-14H2. The third kappa shape index (κ3) is 3.95. The molecule has 168 valence electrons. The van der Waals surface area contributed by atoms with Crippen LogP contribution in [0.2, 0.25) is 0 Å². The van der Waals surface area contributed by atoms with Crippen LogP contribution in [-0.4, -0.2) is 59.8 Å². The number of benzene rings is 1. The number of piperidine rings is 1. The summed E-state index contributed by atoms with van der Waals surface area (Å²) in [6.45, 7) is 2.36. The van der Waals surface area contributed by atoms with Gasteiger partial charge in [0.15, 0.2) is 5.76 Å². The largest absolute Gasteiger partial charge is 0.459 e. The number of carbonyl (C=O) groups is 1. The third-order valence-electron chi connectivity index (χ3n) is 6.13. The quantitative estimate of drug-likeness (QED) is 0.580. The molecule has 2 aromatic heterocycles. The first kappa shape index (κ1) is 20.9. The van der Waals surface area contributed by atoms with Crippen LogP contribution in [0, 0.1) is 5.92 Å². The van der Waals surface area contributed by atoms with Gasteiger partial charge in [-0.25, -0.2) is 8.42 Å². The maximum Gasteiger partial charge on any atom is 0.293 e. The topological polar surface area (TPSA) is 110 Å². The van der Waals surface area contributed by atoms with Gasteiger partial charge in [-0.2, -0.15) is 9.29 Å². The minimum absolute atomic E-state index is 0.0801. The summed E-state index contributed by atoms with van der Waals surface area (Å²) in [6.07, 6.45) is 4.76. The van der Waals surface area contributed by atoms with Gasteiger partial charge in [-0.05, 0) is 62.1 Å². The Hall–Kier alpha value is -2.98. The minimum Gasteiger partial charge on any atom is -0.459 e. The molecule has 0 N–H and O–H groups in total. The van der Waals surface area contributed by atoms with Gasteiger partial charge >= 0.3 is 0 Å². The van der Waals surface area contributed by atoms with Crippen molar-refractivity contribution in [3.63, 3.8) is 0 Å². The summed E-state index contributed by atoms with van der Waals surface area (Å²) in [5.41, 5.74) is 0.639. The summed E-state index contributed by atoms with van der Waals surface area (Å²) >= 11 is 0. The molecular weight excluding hydrogens is 432 g/mol. The van der Waals surface area contributed by atoms with Gasteiger partial charge in [0.1, 0.15) is 0 Å². The smallest absolute Gasteiger partial charge is 0.293 e. The molecule has 0 aliphatic carbocycles. The predicted octanol–water partition coefficient (Wildman–Crippen LogP) is 3.02. The van der Waals surface area contributed by atoms with Gasteiger partial charge in [0.25, 0.3) is 5.89 Å². The lowest BCUT2D eigenvalue weighted by Crippen LogP contribution is -2.43. The molecule has 1 aromatic carbocycles. The van der Waals surface area contributed by atoms with Crippen LogP contribution in [0.4, 0.5) is 0 Å². The van der Waals surface area contributed by atoms with Crippen molar-refractivity contribution >= 4 is 15.9 Å². The third-order valence-corrected chi connectivity index (χ3v) is 8.04. The Kier molecular flexibility index (Phi) is 5.56. The van der Waals surface area contributed by atoms with E-state index in [-0.39, 0.29) is 22.6 Å². The van der Waals surface area contributed by atoms with Crippen molar-refractivity contribution in [3.8, 4) is 23.0 Å². The highest BCUT2D eigenvalue weighted by atomic mass is 32.2. The van der Waals surface area contributed by atoms with E-state index < -0.39 is 10.0 Å². The highest BCUT2D eigenvalue weighted by molar-refractivity contribution is 7.89. The minimum atomic E-state index is -3.63. The van der Waals surface area contributed by atoms with E-state index in [9.17, 15) is 13.2 Å². The Balaban J connectivity index is 1.25. The molecule has 2 aliphatic heterocycles. The van der Waals surface area contributed by atoms with Gasteiger partial charge in [0.05, 0.1) is 11.2 Å². The Morgan fingerprint density at radius 1 is 1.00 bits per heavy atom. The highest BCUT2D eigenvalue weighted by Gasteiger charge is 2.34. The van der Waals surface area contributed by atoms with Gasteiger partial charge < -0.3 is 13.8 Å². The van der Waals surface area contributed by atoms with Crippen molar-refractivity contribution in [1.29, 1.82) is 0 Å². The molecule has 10 heteroatoms. The molecule has 2 saturated heterocycles. The molecule has 0 unspecified atom stereocenters. The predicted molar refractivity (Wildman–Crippen MR) is 115 cm³/mol. The lowest BCUT2D eigenvalue weighted by Gasteiger charge is -2.32. The number of rotatable bonds is 5. The fourth-order valence-corrected chi connectivity index (χ4v) is 5.77. The number of amides is 1. The van der Waals surface area contributed by atoms with E-state index in [1.165, 1.54) is 10.6 Å². The molecule has 0 radical (unpaired) electrons. The zero-order valence-corrected chi connectivity index (χ0v) is 18.3. The molecule has 1 amide bonds. The molecule has 4 heterocycles. The van der Waals surface area contributed by atoms with Gasteiger partial charge in [-0.3, -0.25) is 4.79 Å². The normalized spacial score (nSPS) is 18.3. The Morgan fingerprint density at radius 3 is 2.38 bits per heavy atom. The Bertz CT molecular complexity index is 1170. The highest BCUT2D eigenvalue weighted by Crippen LogP contribution is 2.28. The van der Waals surface area contributed by atoms with Crippen LogP contribution in [0.25, 0.3) is 23.0 Å². The maximum atomic E-state index is 13.1. The van der Waals surface area contributed by atoms with Gasteiger partial charge in [-0.1, -0.05) is 5.16 Å². The molecule has 2 aliphatic rings. The molecule has 0 bridgehead atoms. The zero-order valence-electron chi connectivity index (χ0n) is 17.5. The number of nitrogens with zero attached hydrogens (tertiary/aromatic N) is 4. The van der Waals surface area contributed by atoms with Crippen molar-refractivity contribution < 1.29 is 22.2 Å². The van der Waals surface area contributed by atoms with Crippen LogP contribution in [0.15, 0.2) is 56.5 Å². The van der Waals surface area contributed by atoms with Crippen molar-refractivity contribution in [2.45, 2.75) is 30.6 Å². The summed E-state index contributed by atoms with van der Waals surface area (Å²) in [4.78, 5) is 19.0. The number of aromatic nitrogens is 2. The van der Waals surface area contributed by atoms with E-state index in [0.29, 0.717) is 43.1 Å². The Morgan fingerprint density at radius 2 is 1.72 bits per heavy atom. The van der Waals surface area contributed by atoms with Crippen LogP contribution in [0.3, 0.4) is 0 Å². The molecule has 5 rings (SSSR count). The molecule has 32 heavy (non-hydrogen) atoms. The second-order valence-electron chi connectivity index (χ2n) is 8.14. The lowest BCUT2D eigenvalue weighted by molar-refractivity contribution is -0.135. The van der Waals surface area contributed by atoms with E-state index in [1.54, 1.807) is 36.4 Å². The number of likely N-dealkylation sites (tertiary alicyclic amines) is 1. The molecule has 2 fully saturated rings. The van der Waals surface area contributed by atoms with E-state index in [0.717, 1.165) is 25.9 Å².